The fourth-order valence-electron chi connectivity index (χ4n) is 2.95. The average molecular weight is 280 g/mol. The van der Waals surface area contributed by atoms with E-state index in [9.17, 15) is 0 Å². The van der Waals surface area contributed by atoms with Crippen molar-refractivity contribution in [2.24, 2.45) is 0 Å². The maximum atomic E-state index is 6.12. The van der Waals surface area contributed by atoms with Crippen molar-refractivity contribution >= 4 is 5.69 Å². The molecule has 2 aromatic carbocycles. The molecular formula is C19H24N2. The van der Waals surface area contributed by atoms with E-state index >= 15 is 0 Å². The van der Waals surface area contributed by atoms with Gasteiger partial charge in [-0.2, -0.15) is 0 Å². The van der Waals surface area contributed by atoms with Crippen molar-refractivity contribution < 1.29 is 0 Å². The monoisotopic (exact) mass is 280 g/mol. The largest absolute Gasteiger partial charge is 0.398 e. The second-order valence-corrected chi connectivity index (χ2v) is 6.21. The highest BCUT2D eigenvalue weighted by Crippen LogP contribution is 2.31. The third-order valence-electron chi connectivity index (χ3n) is 4.50. The van der Waals surface area contributed by atoms with Gasteiger partial charge in [0.1, 0.15) is 0 Å². The summed E-state index contributed by atoms with van der Waals surface area (Å²) in [4.78, 5) is 2.58. The quantitative estimate of drug-likeness (QED) is 0.837. The summed E-state index contributed by atoms with van der Waals surface area (Å²) in [6.45, 7) is 6.40. The number of hydrogen-bond donors (Lipinski definition) is 1. The van der Waals surface area contributed by atoms with Crippen LogP contribution in [0.1, 0.15) is 35.1 Å². The first kappa shape index (κ1) is 14.2. The van der Waals surface area contributed by atoms with Gasteiger partial charge in [-0.25, -0.2) is 0 Å². The lowest BCUT2D eigenvalue weighted by Crippen LogP contribution is -2.26. The third kappa shape index (κ3) is 3.27. The molecule has 0 aliphatic heterocycles. The summed E-state index contributed by atoms with van der Waals surface area (Å²) in [5.41, 5.74) is 12.5. The minimum absolute atomic E-state index is 0.726. The molecule has 2 N–H and O–H groups in total. The smallest absolute Gasteiger partial charge is 0.0359 e. The van der Waals surface area contributed by atoms with Gasteiger partial charge in [-0.15, -0.1) is 0 Å². The van der Waals surface area contributed by atoms with Crippen LogP contribution in [0.3, 0.4) is 0 Å². The van der Waals surface area contributed by atoms with Crippen LogP contribution in [0.2, 0.25) is 0 Å². The number of nitrogen functional groups attached to an aromatic ring is 1. The van der Waals surface area contributed by atoms with Crippen LogP contribution in [-0.4, -0.2) is 10.9 Å². The van der Waals surface area contributed by atoms with Crippen molar-refractivity contribution in [1.82, 2.24) is 4.90 Å². The Hall–Kier alpha value is -1.80. The van der Waals surface area contributed by atoms with Gasteiger partial charge in [0, 0.05) is 24.8 Å². The Labute approximate surface area is 127 Å². The van der Waals surface area contributed by atoms with E-state index in [2.05, 4.69) is 49.1 Å². The summed E-state index contributed by atoms with van der Waals surface area (Å²) in [6.07, 6.45) is 2.63. The Bertz CT molecular complexity index is 609. The molecule has 0 aromatic heterocycles. The molecule has 21 heavy (non-hydrogen) atoms. The molecule has 1 aliphatic rings. The molecule has 2 heteroatoms. The van der Waals surface area contributed by atoms with Gasteiger partial charge in [0.15, 0.2) is 0 Å². The molecule has 0 amide bonds. The molecule has 110 valence electrons. The van der Waals surface area contributed by atoms with Gasteiger partial charge in [-0.3, -0.25) is 4.90 Å². The van der Waals surface area contributed by atoms with Crippen LogP contribution in [0.25, 0.3) is 0 Å². The molecule has 1 aliphatic carbocycles. The van der Waals surface area contributed by atoms with E-state index in [0.29, 0.717) is 0 Å². The minimum Gasteiger partial charge on any atom is -0.398 e. The van der Waals surface area contributed by atoms with Crippen molar-refractivity contribution in [3.05, 3.63) is 64.7 Å². The summed E-state index contributed by atoms with van der Waals surface area (Å²) >= 11 is 0. The van der Waals surface area contributed by atoms with E-state index in [1.54, 1.807) is 0 Å². The SMILES string of the molecule is Cc1cccc(C)c1CN(Cc1ccccc1N)C1CC1. The van der Waals surface area contributed by atoms with Crippen LogP contribution in [0.4, 0.5) is 5.69 Å². The maximum Gasteiger partial charge on any atom is 0.0359 e. The molecule has 0 unspecified atom stereocenters. The Morgan fingerprint density at radius 2 is 1.62 bits per heavy atom. The van der Waals surface area contributed by atoms with Crippen molar-refractivity contribution in [3.8, 4) is 0 Å². The molecule has 0 heterocycles. The Morgan fingerprint density at radius 1 is 0.952 bits per heavy atom. The molecular weight excluding hydrogens is 256 g/mol. The zero-order chi connectivity index (χ0) is 14.8. The molecule has 0 saturated heterocycles. The first-order chi connectivity index (χ1) is 10.1. The van der Waals surface area contributed by atoms with E-state index in [0.717, 1.165) is 24.8 Å². The lowest BCUT2D eigenvalue weighted by atomic mass is 10.0. The Kier molecular flexibility index (Phi) is 3.98. The topological polar surface area (TPSA) is 29.3 Å². The number of para-hydroxylation sites is 1. The molecule has 0 radical (unpaired) electrons. The number of anilines is 1. The van der Waals surface area contributed by atoms with Crippen LogP contribution in [-0.2, 0) is 13.1 Å². The Balaban J connectivity index is 1.81. The summed E-state index contributed by atoms with van der Waals surface area (Å²) in [5.74, 6) is 0. The highest BCUT2D eigenvalue weighted by Gasteiger charge is 2.29. The standard InChI is InChI=1S/C19H24N2/c1-14-6-5-7-15(2)18(14)13-21(17-10-11-17)12-16-8-3-4-9-19(16)20/h3-9,17H,10-13,20H2,1-2H3. The molecule has 0 spiro atoms. The maximum absolute atomic E-state index is 6.12. The molecule has 0 atom stereocenters. The van der Waals surface area contributed by atoms with E-state index in [4.69, 9.17) is 5.73 Å². The highest BCUT2D eigenvalue weighted by atomic mass is 15.2. The van der Waals surface area contributed by atoms with Gasteiger partial charge in [-0.05, 0) is 55.0 Å². The van der Waals surface area contributed by atoms with Gasteiger partial charge in [0.2, 0.25) is 0 Å². The predicted octanol–water partition coefficient (Wildman–Crippen LogP) is 4.05. The zero-order valence-electron chi connectivity index (χ0n) is 13.0. The average Bonchev–Trinajstić information content (AvgIpc) is 3.28. The molecule has 1 fully saturated rings. The van der Waals surface area contributed by atoms with Gasteiger partial charge < -0.3 is 5.73 Å². The van der Waals surface area contributed by atoms with Crippen LogP contribution in [0.5, 0.6) is 0 Å². The molecule has 1 saturated carbocycles. The van der Waals surface area contributed by atoms with Gasteiger partial charge in [0.25, 0.3) is 0 Å². The Morgan fingerprint density at radius 3 is 2.24 bits per heavy atom. The summed E-state index contributed by atoms with van der Waals surface area (Å²) < 4.78 is 0. The second kappa shape index (κ2) is 5.90. The van der Waals surface area contributed by atoms with E-state index in [-0.39, 0.29) is 0 Å². The number of nitrogens with zero attached hydrogens (tertiary/aromatic N) is 1. The van der Waals surface area contributed by atoms with Crippen LogP contribution < -0.4 is 5.73 Å². The predicted molar refractivity (Wildman–Crippen MR) is 89.0 cm³/mol. The first-order valence-electron chi connectivity index (χ1n) is 7.77. The van der Waals surface area contributed by atoms with E-state index < -0.39 is 0 Å². The van der Waals surface area contributed by atoms with Crippen molar-refractivity contribution in [3.63, 3.8) is 0 Å². The van der Waals surface area contributed by atoms with Crippen molar-refractivity contribution in [2.45, 2.75) is 45.8 Å². The van der Waals surface area contributed by atoms with Gasteiger partial charge in [0.05, 0.1) is 0 Å². The van der Waals surface area contributed by atoms with Gasteiger partial charge >= 0.3 is 0 Å². The number of aryl methyl sites for hydroxylation is 2. The molecule has 2 nitrogen and oxygen atoms in total. The number of hydrogen-bond acceptors (Lipinski definition) is 2. The van der Waals surface area contributed by atoms with E-state index in [1.807, 2.05) is 12.1 Å². The number of rotatable bonds is 5. The minimum atomic E-state index is 0.726. The third-order valence-corrected chi connectivity index (χ3v) is 4.50. The summed E-state index contributed by atoms with van der Waals surface area (Å²) in [7, 11) is 0. The summed E-state index contributed by atoms with van der Waals surface area (Å²) in [6, 6.07) is 15.5. The normalized spacial score (nSPS) is 14.6. The van der Waals surface area contributed by atoms with Crippen molar-refractivity contribution in [2.75, 3.05) is 5.73 Å². The summed E-state index contributed by atoms with van der Waals surface area (Å²) in [5, 5.41) is 0. The lowest BCUT2D eigenvalue weighted by Gasteiger charge is -2.25. The first-order valence-corrected chi connectivity index (χ1v) is 7.77. The fourth-order valence-corrected chi connectivity index (χ4v) is 2.95. The molecule has 3 rings (SSSR count). The number of nitrogens with two attached hydrogens (primary N) is 1. The molecule has 0 bridgehead atoms. The molecule has 2 aromatic rings. The highest BCUT2D eigenvalue weighted by molar-refractivity contribution is 5.46. The van der Waals surface area contributed by atoms with Crippen molar-refractivity contribution in [1.29, 1.82) is 0 Å². The van der Waals surface area contributed by atoms with Crippen LogP contribution in [0, 0.1) is 13.8 Å². The second-order valence-electron chi connectivity index (χ2n) is 6.21. The van der Waals surface area contributed by atoms with Crippen LogP contribution in [0.15, 0.2) is 42.5 Å². The zero-order valence-corrected chi connectivity index (χ0v) is 13.0. The number of benzene rings is 2. The van der Waals surface area contributed by atoms with E-state index in [1.165, 1.54) is 35.1 Å². The lowest BCUT2D eigenvalue weighted by molar-refractivity contribution is 0.245. The van der Waals surface area contributed by atoms with Crippen LogP contribution >= 0.6 is 0 Å². The van der Waals surface area contributed by atoms with Gasteiger partial charge in [-0.1, -0.05) is 36.4 Å². The fraction of sp³-hybridized carbons (Fsp3) is 0.368.